The van der Waals surface area contributed by atoms with Crippen molar-refractivity contribution >= 4 is 0 Å². The second-order valence-corrected chi connectivity index (χ2v) is 5.42. The summed E-state index contributed by atoms with van der Waals surface area (Å²) < 4.78 is 21.0. The van der Waals surface area contributed by atoms with Crippen LogP contribution in [0.2, 0.25) is 0 Å². The van der Waals surface area contributed by atoms with Gasteiger partial charge in [-0.1, -0.05) is 23.4 Å². The first kappa shape index (κ1) is 14.4. The van der Waals surface area contributed by atoms with Crippen molar-refractivity contribution in [2.24, 2.45) is 0 Å². The fourth-order valence-electron chi connectivity index (χ4n) is 2.54. The quantitative estimate of drug-likeness (QED) is 0.564. The van der Waals surface area contributed by atoms with Gasteiger partial charge in [0.1, 0.15) is 5.82 Å². The zero-order valence-corrected chi connectivity index (χ0v) is 12.8. The van der Waals surface area contributed by atoms with Crippen LogP contribution in [0.15, 0.2) is 77.6 Å². The summed E-state index contributed by atoms with van der Waals surface area (Å²) in [6, 6.07) is 18.4. The van der Waals surface area contributed by atoms with Gasteiger partial charge in [-0.3, -0.25) is 0 Å². The molecule has 0 radical (unpaired) electrons. The van der Waals surface area contributed by atoms with E-state index in [0.717, 1.165) is 11.3 Å². The number of benzene rings is 2. The fraction of sp³-hybridized carbons (Fsp3) is 0.0526. The van der Waals surface area contributed by atoms with E-state index in [1.807, 2.05) is 53.4 Å². The Bertz CT molecular complexity index is 943. The first-order valence-electron chi connectivity index (χ1n) is 7.59. The summed E-state index contributed by atoms with van der Waals surface area (Å²) in [6.45, 7) is 0. The number of aromatic nitrogens is 3. The lowest BCUT2D eigenvalue weighted by Crippen LogP contribution is -1.92. The molecule has 0 amide bonds. The minimum absolute atomic E-state index is 0.270. The number of hydrogen-bond acceptors (Lipinski definition) is 3. The maximum absolute atomic E-state index is 13.7. The molecule has 2 heterocycles. The van der Waals surface area contributed by atoms with Crippen LogP contribution in [-0.4, -0.2) is 14.7 Å². The highest BCUT2D eigenvalue weighted by atomic mass is 19.1. The lowest BCUT2D eigenvalue weighted by atomic mass is 10.1. The van der Waals surface area contributed by atoms with Gasteiger partial charge in [-0.2, -0.15) is 4.98 Å². The smallest absolute Gasteiger partial charge is 0.231 e. The van der Waals surface area contributed by atoms with E-state index in [1.54, 1.807) is 18.2 Å². The molecule has 0 aliphatic rings. The first-order valence-corrected chi connectivity index (χ1v) is 7.59. The van der Waals surface area contributed by atoms with Gasteiger partial charge in [0.25, 0.3) is 0 Å². The first-order chi connectivity index (χ1) is 11.8. The van der Waals surface area contributed by atoms with E-state index < -0.39 is 0 Å². The third-order valence-corrected chi connectivity index (χ3v) is 3.80. The second-order valence-electron chi connectivity index (χ2n) is 5.42. The van der Waals surface area contributed by atoms with Gasteiger partial charge in [0.15, 0.2) is 0 Å². The van der Waals surface area contributed by atoms with Gasteiger partial charge in [0, 0.05) is 23.6 Å². The number of halogens is 1. The number of nitrogens with zero attached hydrogens (tertiary/aromatic N) is 3. The summed E-state index contributed by atoms with van der Waals surface area (Å²) in [5.41, 5.74) is 2.45. The molecular weight excluding hydrogens is 305 g/mol. The summed E-state index contributed by atoms with van der Waals surface area (Å²) in [5.74, 6) is 0.623. The van der Waals surface area contributed by atoms with Crippen LogP contribution < -0.4 is 0 Å². The van der Waals surface area contributed by atoms with E-state index in [2.05, 4.69) is 10.1 Å². The van der Waals surface area contributed by atoms with Crippen molar-refractivity contribution in [3.8, 4) is 17.1 Å². The van der Waals surface area contributed by atoms with E-state index in [0.29, 0.717) is 17.3 Å². The minimum Gasteiger partial charge on any atom is -0.339 e. The monoisotopic (exact) mass is 319 g/mol. The third kappa shape index (κ3) is 2.84. The Kier molecular flexibility index (Phi) is 3.67. The molecule has 4 nitrogen and oxygen atoms in total. The van der Waals surface area contributed by atoms with E-state index in [4.69, 9.17) is 4.52 Å². The molecule has 2 aromatic carbocycles. The van der Waals surface area contributed by atoms with Gasteiger partial charge in [0.2, 0.25) is 11.7 Å². The Morgan fingerprint density at radius 2 is 1.67 bits per heavy atom. The molecule has 24 heavy (non-hydrogen) atoms. The lowest BCUT2D eigenvalue weighted by Gasteiger charge is -2.02. The Morgan fingerprint density at radius 3 is 2.42 bits per heavy atom. The Morgan fingerprint density at radius 1 is 0.917 bits per heavy atom. The number of rotatable bonds is 4. The van der Waals surface area contributed by atoms with Gasteiger partial charge >= 0.3 is 0 Å². The predicted molar refractivity (Wildman–Crippen MR) is 88.3 cm³/mol. The van der Waals surface area contributed by atoms with Gasteiger partial charge < -0.3 is 9.09 Å². The van der Waals surface area contributed by atoms with Crippen LogP contribution in [0.3, 0.4) is 0 Å². The fourth-order valence-corrected chi connectivity index (χ4v) is 2.54. The second kappa shape index (κ2) is 6.12. The molecule has 0 aliphatic carbocycles. The molecule has 0 saturated heterocycles. The van der Waals surface area contributed by atoms with E-state index in [9.17, 15) is 4.39 Å². The van der Waals surface area contributed by atoms with Crippen molar-refractivity contribution in [1.82, 2.24) is 14.7 Å². The highest BCUT2D eigenvalue weighted by Crippen LogP contribution is 2.20. The molecule has 0 N–H and O–H groups in total. The summed E-state index contributed by atoms with van der Waals surface area (Å²) in [7, 11) is 0. The zero-order chi connectivity index (χ0) is 16.4. The minimum atomic E-state index is -0.270. The van der Waals surface area contributed by atoms with Crippen LogP contribution in [0.5, 0.6) is 0 Å². The van der Waals surface area contributed by atoms with E-state index in [-0.39, 0.29) is 12.2 Å². The largest absolute Gasteiger partial charge is 0.339 e. The summed E-state index contributed by atoms with van der Waals surface area (Å²) in [6.07, 6.45) is 4.24. The van der Waals surface area contributed by atoms with Crippen LogP contribution in [0.1, 0.15) is 11.5 Å². The van der Waals surface area contributed by atoms with E-state index >= 15 is 0 Å². The van der Waals surface area contributed by atoms with Gasteiger partial charge in [0.05, 0.1) is 6.42 Å². The summed E-state index contributed by atoms with van der Waals surface area (Å²) in [4.78, 5) is 4.36. The topological polar surface area (TPSA) is 43.9 Å². The van der Waals surface area contributed by atoms with Crippen LogP contribution >= 0.6 is 0 Å². The molecule has 0 fully saturated rings. The molecule has 0 aliphatic heterocycles. The zero-order valence-electron chi connectivity index (χ0n) is 12.8. The molecule has 4 aromatic rings. The van der Waals surface area contributed by atoms with Crippen molar-refractivity contribution in [1.29, 1.82) is 0 Å². The highest BCUT2D eigenvalue weighted by molar-refractivity contribution is 5.56. The molecule has 0 bridgehead atoms. The van der Waals surface area contributed by atoms with Crippen molar-refractivity contribution in [2.75, 3.05) is 0 Å². The Hall–Kier alpha value is -3.21. The molecule has 0 unspecified atom stereocenters. The van der Waals surface area contributed by atoms with Crippen LogP contribution in [0, 0.1) is 5.82 Å². The molecule has 0 spiro atoms. The van der Waals surface area contributed by atoms with Crippen LogP contribution in [-0.2, 0) is 6.42 Å². The van der Waals surface area contributed by atoms with Gasteiger partial charge in [-0.05, 0) is 48.0 Å². The van der Waals surface area contributed by atoms with E-state index in [1.165, 1.54) is 6.07 Å². The molecule has 118 valence electrons. The average Bonchev–Trinajstić information content (AvgIpc) is 3.29. The SMILES string of the molecule is Fc1ccccc1Cc1nc(-c2ccc(-n3cccc3)cc2)no1. The van der Waals surface area contributed by atoms with Gasteiger partial charge in [-0.15, -0.1) is 0 Å². The average molecular weight is 319 g/mol. The predicted octanol–water partition coefficient (Wildman–Crippen LogP) is 4.26. The maximum Gasteiger partial charge on any atom is 0.231 e. The molecular formula is C19H14FN3O. The Balaban J connectivity index is 1.55. The molecule has 0 atom stereocenters. The highest BCUT2D eigenvalue weighted by Gasteiger charge is 2.11. The number of hydrogen-bond donors (Lipinski definition) is 0. The Labute approximate surface area is 138 Å². The van der Waals surface area contributed by atoms with Crippen LogP contribution in [0.4, 0.5) is 4.39 Å². The maximum atomic E-state index is 13.7. The van der Waals surface area contributed by atoms with Crippen molar-refractivity contribution in [3.05, 3.63) is 90.3 Å². The standard InChI is InChI=1S/C19H14FN3O/c20-17-6-2-1-5-15(17)13-18-21-19(22-24-18)14-7-9-16(10-8-14)23-11-3-4-12-23/h1-12H,13H2. The van der Waals surface area contributed by atoms with Crippen molar-refractivity contribution in [2.45, 2.75) is 6.42 Å². The van der Waals surface area contributed by atoms with Crippen molar-refractivity contribution < 1.29 is 8.91 Å². The normalized spacial score (nSPS) is 10.9. The van der Waals surface area contributed by atoms with Gasteiger partial charge in [-0.25, -0.2) is 4.39 Å². The van der Waals surface area contributed by atoms with Crippen LogP contribution in [0.25, 0.3) is 17.1 Å². The lowest BCUT2D eigenvalue weighted by molar-refractivity contribution is 0.384. The molecule has 5 heteroatoms. The third-order valence-electron chi connectivity index (χ3n) is 3.80. The molecule has 4 rings (SSSR count). The summed E-state index contributed by atoms with van der Waals surface area (Å²) >= 11 is 0. The molecule has 2 aromatic heterocycles. The molecule has 0 saturated carbocycles. The van der Waals surface area contributed by atoms with Crippen molar-refractivity contribution in [3.63, 3.8) is 0 Å². The summed E-state index contributed by atoms with van der Waals surface area (Å²) in [5, 5.41) is 3.99.